The fourth-order valence-corrected chi connectivity index (χ4v) is 4.08. The quantitative estimate of drug-likeness (QED) is 0.579. The summed E-state index contributed by atoms with van der Waals surface area (Å²) in [5, 5.41) is 4.23. The number of aromatic nitrogens is 1. The van der Waals surface area contributed by atoms with E-state index in [1.165, 1.54) is 4.57 Å². The van der Waals surface area contributed by atoms with Gasteiger partial charge in [0.1, 0.15) is 5.75 Å². The summed E-state index contributed by atoms with van der Waals surface area (Å²) < 4.78 is 6.74. The van der Waals surface area contributed by atoms with Gasteiger partial charge in [0.2, 0.25) is 0 Å². The van der Waals surface area contributed by atoms with Crippen molar-refractivity contribution in [1.29, 1.82) is 0 Å². The second-order valence-corrected chi connectivity index (χ2v) is 8.22. The molecule has 168 valence electrons. The van der Waals surface area contributed by atoms with E-state index in [2.05, 4.69) is 22.2 Å². The molecule has 1 aromatic heterocycles. The maximum atomic E-state index is 13.1. The largest absolute Gasteiger partial charge is 0.497 e. The molecule has 2 aromatic carbocycles. The van der Waals surface area contributed by atoms with E-state index in [4.69, 9.17) is 4.74 Å². The molecular weight excluding hydrogens is 404 g/mol. The molecule has 1 fully saturated rings. The molecule has 7 heteroatoms. The van der Waals surface area contributed by atoms with Crippen molar-refractivity contribution in [2.75, 3.05) is 53.4 Å². The van der Waals surface area contributed by atoms with Crippen LogP contribution in [0.2, 0.25) is 0 Å². The molecule has 0 saturated carbocycles. The number of amides is 1. The zero-order chi connectivity index (χ0) is 22.5. The van der Waals surface area contributed by atoms with Crippen LogP contribution in [0.4, 0.5) is 0 Å². The molecule has 0 atom stereocenters. The topological polar surface area (TPSA) is 66.8 Å². The third-order valence-corrected chi connectivity index (χ3v) is 6.05. The van der Waals surface area contributed by atoms with E-state index < -0.39 is 0 Å². The van der Waals surface area contributed by atoms with E-state index in [0.29, 0.717) is 34.3 Å². The highest BCUT2D eigenvalue weighted by Gasteiger charge is 2.16. The lowest BCUT2D eigenvalue weighted by atomic mass is 10.1. The Labute approximate surface area is 188 Å². The number of carbonyl (C=O) groups excluding carboxylic acids is 1. The SMILES string of the molecule is COc1ccc(-n2cc(C(=O)NCCCN3CCN(C)CC3)c3ccccc3c2=O)cc1. The summed E-state index contributed by atoms with van der Waals surface area (Å²) in [7, 11) is 3.75. The number of nitrogens with zero attached hydrogens (tertiary/aromatic N) is 3. The minimum Gasteiger partial charge on any atom is -0.497 e. The van der Waals surface area contributed by atoms with E-state index >= 15 is 0 Å². The zero-order valence-electron chi connectivity index (χ0n) is 18.7. The van der Waals surface area contributed by atoms with Gasteiger partial charge in [-0.15, -0.1) is 0 Å². The maximum Gasteiger partial charge on any atom is 0.262 e. The summed E-state index contributed by atoms with van der Waals surface area (Å²) in [5.41, 5.74) is 1.03. The first-order chi connectivity index (χ1) is 15.6. The summed E-state index contributed by atoms with van der Waals surface area (Å²) in [6, 6.07) is 14.5. The van der Waals surface area contributed by atoms with Crippen molar-refractivity contribution in [2.24, 2.45) is 0 Å². The molecule has 1 amide bonds. The number of pyridine rings is 1. The highest BCUT2D eigenvalue weighted by Crippen LogP contribution is 2.19. The van der Waals surface area contributed by atoms with E-state index in [9.17, 15) is 9.59 Å². The van der Waals surface area contributed by atoms with Crippen molar-refractivity contribution in [3.63, 3.8) is 0 Å². The Bertz CT molecular complexity index is 1130. The number of hydrogen-bond acceptors (Lipinski definition) is 5. The number of ether oxygens (including phenoxy) is 1. The molecule has 2 heterocycles. The zero-order valence-corrected chi connectivity index (χ0v) is 18.7. The van der Waals surface area contributed by atoms with Gasteiger partial charge in [0.05, 0.1) is 12.7 Å². The minimum absolute atomic E-state index is 0.155. The van der Waals surface area contributed by atoms with Crippen LogP contribution in [0.1, 0.15) is 16.8 Å². The Morgan fingerprint density at radius 2 is 1.69 bits per heavy atom. The van der Waals surface area contributed by atoms with Gasteiger partial charge in [-0.2, -0.15) is 0 Å². The van der Waals surface area contributed by atoms with Crippen LogP contribution >= 0.6 is 0 Å². The fourth-order valence-electron chi connectivity index (χ4n) is 4.08. The van der Waals surface area contributed by atoms with Crippen LogP contribution in [0.5, 0.6) is 5.75 Å². The third-order valence-electron chi connectivity index (χ3n) is 6.05. The molecule has 0 bridgehead atoms. The van der Waals surface area contributed by atoms with Gasteiger partial charge in [0.25, 0.3) is 11.5 Å². The lowest BCUT2D eigenvalue weighted by molar-refractivity contribution is 0.0950. The smallest absolute Gasteiger partial charge is 0.262 e. The standard InChI is InChI=1S/C25H30N4O3/c1-27-14-16-28(17-15-27)13-5-12-26-24(30)23-18-29(19-8-10-20(32-2)11-9-19)25(31)22-7-4-3-6-21(22)23/h3-4,6-11,18H,5,12-17H2,1-2H3,(H,26,30). The Balaban J connectivity index is 1.52. The molecule has 0 unspecified atom stereocenters. The molecule has 1 saturated heterocycles. The van der Waals surface area contributed by atoms with Crippen LogP contribution < -0.4 is 15.6 Å². The average Bonchev–Trinajstić information content (AvgIpc) is 2.83. The van der Waals surface area contributed by atoms with Crippen LogP contribution in [-0.2, 0) is 0 Å². The number of methoxy groups -OCH3 is 1. The van der Waals surface area contributed by atoms with Crippen molar-refractivity contribution in [3.05, 3.63) is 70.6 Å². The number of nitrogens with one attached hydrogen (secondary N) is 1. The number of fused-ring (bicyclic) bond motifs is 1. The van der Waals surface area contributed by atoms with Gasteiger partial charge in [-0.05, 0) is 50.3 Å². The predicted octanol–water partition coefficient (Wildman–Crippen LogP) is 2.37. The van der Waals surface area contributed by atoms with Gasteiger partial charge in [-0.25, -0.2) is 0 Å². The minimum atomic E-state index is -0.165. The van der Waals surface area contributed by atoms with Crippen LogP contribution in [0.3, 0.4) is 0 Å². The number of rotatable bonds is 7. The van der Waals surface area contributed by atoms with Crippen molar-refractivity contribution in [2.45, 2.75) is 6.42 Å². The van der Waals surface area contributed by atoms with Gasteiger partial charge >= 0.3 is 0 Å². The normalized spacial score (nSPS) is 15.1. The molecule has 1 aliphatic heterocycles. The van der Waals surface area contributed by atoms with Gasteiger partial charge in [-0.1, -0.05) is 18.2 Å². The first-order valence-electron chi connectivity index (χ1n) is 11.0. The fraction of sp³-hybridized carbons (Fsp3) is 0.360. The second kappa shape index (κ2) is 9.97. The van der Waals surface area contributed by atoms with Crippen molar-refractivity contribution in [1.82, 2.24) is 19.7 Å². The number of likely N-dealkylation sites (N-methyl/N-ethyl adjacent to an activating group) is 1. The van der Waals surface area contributed by atoms with Gasteiger partial charge < -0.3 is 19.9 Å². The molecule has 4 rings (SSSR count). The van der Waals surface area contributed by atoms with Crippen LogP contribution in [-0.4, -0.2) is 73.7 Å². The summed E-state index contributed by atoms with van der Waals surface area (Å²) in [6.45, 7) is 5.89. The van der Waals surface area contributed by atoms with Crippen LogP contribution in [0, 0.1) is 0 Å². The lowest BCUT2D eigenvalue weighted by Crippen LogP contribution is -2.45. The first-order valence-corrected chi connectivity index (χ1v) is 11.0. The summed E-state index contributed by atoms with van der Waals surface area (Å²) >= 11 is 0. The van der Waals surface area contributed by atoms with Crippen LogP contribution in [0.25, 0.3) is 16.5 Å². The predicted molar refractivity (Wildman–Crippen MR) is 127 cm³/mol. The highest BCUT2D eigenvalue weighted by molar-refractivity contribution is 6.06. The van der Waals surface area contributed by atoms with E-state index in [-0.39, 0.29) is 11.5 Å². The molecular formula is C25H30N4O3. The number of piperazine rings is 1. The second-order valence-electron chi connectivity index (χ2n) is 8.22. The van der Waals surface area contributed by atoms with Crippen LogP contribution in [0.15, 0.2) is 59.5 Å². The average molecular weight is 435 g/mol. The monoisotopic (exact) mass is 434 g/mol. The maximum absolute atomic E-state index is 13.1. The Kier molecular flexibility index (Phi) is 6.87. The van der Waals surface area contributed by atoms with Crippen molar-refractivity contribution < 1.29 is 9.53 Å². The first kappa shape index (κ1) is 22.0. The highest BCUT2D eigenvalue weighted by atomic mass is 16.5. The molecule has 3 aromatic rings. The molecule has 0 spiro atoms. The van der Waals surface area contributed by atoms with Gasteiger partial charge in [0, 0.05) is 55.4 Å². The lowest BCUT2D eigenvalue weighted by Gasteiger charge is -2.32. The molecule has 0 aliphatic carbocycles. The third kappa shape index (κ3) is 4.84. The van der Waals surface area contributed by atoms with E-state index in [1.807, 2.05) is 30.3 Å². The van der Waals surface area contributed by atoms with Gasteiger partial charge in [0.15, 0.2) is 0 Å². The summed E-state index contributed by atoms with van der Waals surface area (Å²) in [4.78, 5) is 31.0. The Morgan fingerprint density at radius 1 is 1.00 bits per heavy atom. The Hall–Kier alpha value is -3.16. The molecule has 1 aliphatic rings. The number of carbonyl (C=O) groups is 1. The van der Waals surface area contributed by atoms with Gasteiger partial charge in [-0.3, -0.25) is 14.2 Å². The number of hydrogen-bond donors (Lipinski definition) is 1. The molecule has 32 heavy (non-hydrogen) atoms. The summed E-state index contributed by atoms with van der Waals surface area (Å²) in [5.74, 6) is 0.544. The molecule has 1 N–H and O–H groups in total. The molecule has 0 radical (unpaired) electrons. The van der Waals surface area contributed by atoms with E-state index in [1.54, 1.807) is 31.5 Å². The van der Waals surface area contributed by atoms with E-state index in [0.717, 1.165) is 39.1 Å². The van der Waals surface area contributed by atoms with Crippen molar-refractivity contribution >= 4 is 16.7 Å². The van der Waals surface area contributed by atoms with Crippen molar-refractivity contribution in [3.8, 4) is 11.4 Å². The summed E-state index contributed by atoms with van der Waals surface area (Å²) in [6.07, 6.45) is 2.54. The molecule has 7 nitrogen and oxygen atoms in total. The Morgan fingerprint density at radius 3 is 2.38 bits per heavy atom. The number of benzene rings is 2.